The fourth-order valence-corrected chi connectivity index (χ4v) is 0.997. The van der Waals surface area contributed by atoms with E-state index in [0.717, 1.165) is 0 Å². The molecule has 1 rings (SSSR count). The molecule has 18 heavy (non-hydrogen) atoms. The number of nitrogens with zero attached hydrogens (tertiary/aromatic N) is 1. The Kier molecular flexibility index (Phi) is 4.30. The number of carbonyl (C=O) groups is 2. The Morgan fingerprint density at radius 1 is 1.56 bits per heavy atom. The Labute approximate surface area is 104 Å². The highest BCUT2D eigenvalue weighted by molar-refractivity contribution is 5.79. The van der Waals surface area contributed by atoms with Crippen LogP contribution in [0.25, 0.3) is 0 Å². The first-order valence-electron chi connectivity index (χ1n) is 5.37. The number of aryl methyl sites for hydroxylation is 1. The second-order valence-electron chi connectivity index (χ2n) is 4.53. The molecule has 0 saturated heterocycles. The van der Waals surface area contributed by atoms with Gasteiger partial charge < -0.3 is 19.7 Å². The van der Waals surface area contributed by atoms with Crippen molar-refractivity contribution < 1.29 is 24.0 Å². The Bertz CT molecular complexity index is 438. The van der Waals surface area contributed by atoms with E-state index in [1.165, 1.54) is 13.8 Å². The van der Waals surface area contributed by atoms with Crippen molar-refractivity contribution in [3.05, 3.63) is 11.8 Å². The summed E-state index contributed by atoms with van der Waals surface area (Å²) < 4.78 is 9.81. The Morgan fingerprint density at radius 2 is 2.22 bits per heavy atom. The van der Waals surface area contributed by atoms with Crippen LogP contribution in [-0.2, 0) is 9.59 Å². The predicted molar refractivity (Wildman–Crippen MR) is 61.2 cm³/mol. The van der Waals surface area contributed by atoms with Gasteiger partial charge in [0, 0.05) is 12.6 Å². The fraction of sp³-hybridized carbons (Fsp3) is 0.545. The monoisotopic (exact) mass is 256 g/mol. The summed E-state index contributed by atoms with van der Waals surface area (Å²) in [5.41, 5.74) is -1.01. The molecule has 7 heteroatoms. The van der Waals surface area contributed by atoms with Gasteiger partial charge in [-0.15, -0.1) is 0 Å². The van der Waals surface area contributed by atoms with Crippen molar-refractivity contribution in [1.82, 2.24) is 10.5 Å². The van der Waals surface area contributed by atoms with Crippen molar-refractivity contribution in [2.24, 2.45) is 5.41 Å². The van der Waals surface area contributed by atoms with E-state index in [4.69, 9.17) is 14.4 Å². The molecule has 1 heterocycles. The SMILES string of the molecule is Cc1cc(OCC(=O)NCC(C)(C)C(=O)O)no1. The van der Waals surface area contributed by atoms with Crippen molar-refractivity contribution >= 4 is 11.9 Å². The van der Waals surface area contributed by atoms with Crippen molar-refractivity contribution in [3.8, 4) is 5.88 Å². The summed E-state index contributed by atoms with van der Waals surface area (Å²) >= 11 is 0. The van der Waals surface area contributed by atoms with Gasteiger partial charge in [0.2, 0.25) is 0 Å². The average Bonchev–Trinajstić information content (AvgIpc) is 2.69. The maximum absolute atomic E-state index is 11.4. The minimum Gasteiger partial charge on any atom is -0.481 e. The molecule has 1 amide bonds. The van der Waals surface area contributed by atoms with Gasteiger partial charge in [-0.3, -0.25) is 9.59 Å². The highest BCUT2D eigenvalue weighted by Gasteiger charge is 2.27. The number of ether oxygens (including phenoxy) is 1. The summed E-state index contributed by atoms with van der Waals surface area (Å²) in [6.45, 7) is 4.55. The largest absolute Gasteiger partial charge is 0.481 e. The Hall–Kier alpha value is -2.05. The molecule has 100 valence electrons. The van der Waals surface area contributed by atoms with Crippen LogP contribution in [0.3, 0.4) is 0 Å². The number of rotatable bonds is 6. The second kappa shape index (κ2) is 5.52. The first-order chi connectivity index (χ1) is 8.31. The van der Waals surface area contributed by atoms with Crippen LogP contribution in [0.4, 0.5) is 0 Å². The zero-order valence-electron chi connectivity index (χ0n) is 10.5. The average molecular weight is 256 g/mol. The molecule has 7 nitrogen and oxygen atoms in total. The minimum absolute atomic E-state index is 0.0301. The van der Waals surface area contributed by atoms with Crippen LogP contribution in [0.1, 0.15) is 19.6 Å². The number of amides is 1. The molecule has 0 bridgehead atoms. The molecular formula is C11H16N2O5. The minimum atomic E-state index is -1.01. The number of carbonyl (C=O) groups excluding carboxylic acids is 1. The molecule has 0 radical (unpaired) electrons. The van der Waals surface area contributed by atoms with Crippen molar-refractivity contribution in [3.63, 3.8) is 0 Å². The molecule has 0 unspecified atom stereocenters. The van der Waals surface area contributed by atoms with Crippen molar-refractivity contribution in [1.29, 1.82) is 0 Å². The van der Waals surface area contributed by atoms with Crippen LogP contribution in [0, 0.1) is 12.3 Å². The van der Waals surface area contributed by atoms with E-state index in [-0.39, 0.29) is 19.0 Å². The van der Waals surface area contributed by atoms with Gasteiger partial charge in [-0.05, 0) is 25.9 Å². The number of aliphatic carboxylic acids is 1. The third-order valence-electron chi connectivity index (χ3n) is 2.26. The van der Waals surface area contributed by atoms with E-state index in [2.05, 4.69) is 10.5 Å². The third-order valence-corrected chi connectivity index (χ3v) is 2.26. The summed E-state index contributed by atoms with van der Waals surface area (Å²) in [6, 6.07) is 1.55. The van der Waals surface area contributed by atoms with Crippen LogP contribution in [-0.4, -0.2) is 35.3 Å². The first kappa shape index (κ1) is 14.0. The third kappa shape index (κ3) is 4.08. The highest BCUT2D eigenvalue weighted by atomic mass is 16.5. The zero-order valence-corrected chi connectivity index (χ0v) is 10.5. The van der Waals surface area contributed by atoms with Gasteiger partial charge in [-0.2, -0.15) is 0 Å². The van der Waals surface area contributed by atoms with E-state index in [9.17, 15) is 9.59 Å². The highest BCUT2D eigenvalue weighted by Crippen LogP contribution is 2.13. The van der Waals surface area contributed by atoms with Gasteiger partial charge >= 0.3 is 5.97 Å². The number of hydrogen-bond acceptors (Lipinski definition) is 5. The zero-order chi connectivity index (χ0) is 13.8. The Morgan fingerprint density at radius 3 is 2.72 bits per heavy atom. The predicted octanol–water partition coefficient (Wildman–Crippen LogP) is 0.589. The van der Waals surface area contributed by atoms with Crippen LogP contribution < -0.4 is 10.1 Å². The number of aromatic nitrogens is 1. The van der Waals surface area contributed by atoms with E-state index < -0.39 is 17.3 Å². The van der Waals surface area contributed by atoms with E-state index in [0.29, 0.717) is 5.76 Å². The summed E-state index contributed by atoms with van der Waals surface area (Å²) in [5.74, 6) is -0.585. The molecule has 0 aliphatic carbocycles. The fourth-order valence-electron chi connectivity index (χ4n) is 0.997. The lowest BCUT2D eigenvalue weighted by atomic mass is 9.94. The lowest BCUT2D eigenvalue weighted by Gasteiger charge is -2.19. The van der Waals surface area contributed by atoms with Gasteiger partial charge in [-0.25, -0.2) is 0 Å². The molecule has 1 aromatic heterocycles. The van der Waals surface area contributed by atoms with Crippen LogP contribution in [0.2, 0.25) is 0 Å². The van der Waals surface area contributed by atoms with Crippen molar-refractivity contribution in [2.75, 3.05) is 13.2 Å². The molecule has 0 aromatic carbocycles. The summed E-state index contributed by atoms with van der Waals surface area (Å²) in [4.78, 5) is 22.2. The molecule has 0 spiro atoms. The lowest BCUT2D eigenvalue weighted by Crippen LogP contribution is -2.40. The summed E-state index contributed by atoms with van der Waals surface area (Å²) in [5, 5.41) is 14.9. The van der Waals surface area contributed by atoms with Crippen LogP contribution in [0.5, 0.6) is 5.88 Å². The van der Waals surface area contributed by atoms with E-state index in [1.54, 1.807) is 13.0 Å². The normalized spacial score (nSPS) is 11.1. The van der Waals surface area contributed by atoms with Crippen molar-refractivity contribution in [2.45, 2.75) is 20.8 Å². The molecule has 0 saturated carbocycles. The Balaban J connectivity index is 2.32. The molecule has 1 aromatic rings. The maximum atomic E-state index is 11.4. The first-order valence-corrected chi connectivity index (χ1v) is 5.37. The van der Waals surface area contributed by atoms with Crippen LogP contribution >= 0.6 is 0 Å². The second-order valence-corrected chi connectivity index (χ2v) is 4.53. The van der Waals surface area contributed by atoms with Gasteiger partial charge in [-0.1, -0.05) is 0 Å². The summed E-state index contributed by atoms with van der Waals surface area (Å²) in [6.07, 6.45) is 0. The number of carboxylic acid groups (broad SMARTS) is 1. The standard InChI is InChI=1S/C11H16N2O5/c1-7-4-9(13-18-7)17-5-8(14)12-6-11(2,3)10(15)16/h4H,5-6H2,1-3H3,(H,12,14)(H,15,16). The smallest absolute Gasteiger partial charge is 0.310 e. The molecule has 0 fully saturated rings. The molecule has 2 N–H and O–H groups in total. The van der Waals surface area contributed by atoms with E-state index >= 15 is 0 Å². The molecule has 0 aliphatic heterocycles. The van der Waals surface area contributed by atoms with Gasteiger partial charge in [0.15, 0.2) is 6.61 Å². The topological polar surface area (TPSA) is 102 Å². The number of nitrogens with one attached hydrogen (secondary N) is 1. The summed E-state index contributed by atoms with van der Waals surface area (Å²) in [7, 11) is 0. The number of carboxylic acids is 1. The van der Waals surface area contributed by atoms with Gasteiger partial charge in [0.25, 0.3) is 11.8 Å². The molecular weight excluding hydrogens is 240 g/mol. The number of hydrogen-bond donors (Lipinski definition) is 2. The van der Waals surface area contributed by atoms with Gasteiger partial charge in [0.05, 0.1) is 5.41 Å². The van der Waals surface area contributed by atoms with Crippen LogP contribution in [0.15, 0.2) is 10.6 Å². The lowest BCUT2D eigenvalue weighted by molar-refractivity contribution is -0.146. The van der Waals surface area contributed by atoms with Gasteiger partial charge in [0.1, 0.15) is 5.76 Å². The maximum Gasteiger partial charge on any atom is 0.310 e. The quantitative estimate of drug-likeness (QED) is 0.772. The van der Waals surface area contributed by atoms with E-state index in [1.807, 2.05) is 0 Å². The molecule has 0 aliphatic rings. The molecule has 0 atom stereocenters.